The highest BCUT2D eigenvalue weighted by Crippen LogP contribution is 2.30. The zero-order valence-corrected chi connectivity index (χ0v) is 12.9. The topological polar surface area (TPSA) is 73.6 Å². The number of rotatable bonds is 5. The van der Waals surface area contributed by atoms with Crippen LogP contribution in [0.5, 0.6) is 0 Å². The molecule has 0 aliphatic rings. The fourth-order valence-electron chi connectivity index (χ4n) is 1.69. The maximum atomic E-state index is 13.6. The third kappa shape index (κ3) is 3.47. The largest absolute Gasteiger partial charge is 0.369 e. The smallest absolute Gasteiger partial charge is 0.150 e. The van der Waals surface area contributed by atoms with E-state index in [9.17, 15) is 4.39 Å². The molecule has 1 heterocycles. The van der Waals surface area contributed by atoms with Crippen LogP contribution in [0.3, 0.4) is 0 Å². The van der Waals surface area contributed by atoms with E-state index in [1.165, 1.54) is 18.5 Å². The van der Waals surface area contributed by atoms with Crippen LogP contribution in [0, 0.1) is 17.1 Å². The van der Waals surface area contributed by atoms with E-state index in [1.807, 2.05) is 13.0 Å². The van der Waals surface area contributed by atoms with E-state index < -0.39 is 5.82 Å². The van der Waals surface area contributed by atoms with Crippen molar-refractivity contribution < 1.29 is 4.39 Å². The number of hydrogen-bond donors (Lipinski definition) is 2. The Kier molecular flexibility index (Phi) is 5.06. The van der Waals surface area contributed by atoms with Crippen LogP contribution in [0.4, 0.5) is 21.7 Å². The second kappa shape index (κ2) is 6.99. The van der Waals surface area contributed by atoms with Gasteiger partial charge in [-0.1, -0.05) is 13.0 Å². The van der Waals surface area contributed by atoms with Crippen LogP contribution in [-0.4, -0.2) is 16.5 Å². The predicted molar refractivity (Wildman–Crippen MR) is 82.9 cm³/mol. The van der Waals surface area contributed by atoms with Crippen molar-refractivity contribution in [3.8, 4) is 6.07 Å². The van der Waals surface area contributed by atoms with Gasteiger partial charge in [-0.2, -0.15) is 5.26 Å². The number of halogens is 2. The summed E-state index contributed by atoms with van der Waals surface area (Å²) in [5.41, 5.74) is 0.310. The molecular formula is C14H13BrFN5. The fraction of sp³-hybridized carbons (Fsp3) is 0.214. The molecule has 2 N–H and O–H groups in total. The third-order valence-electron chi connectivity index (χ3n) is 2.71. The lowest BCUT2D eigenvalue weighted by atomic mass is 10.2. The maximum Gasteiger partial charge on any atom is 0.150 e. The molecular weight excluding hydrogens is 337 g/mol. The van der Waals surface area contributed by atoms with Gasteiger partial charge in [0.15, 0.2) is 0 Å². The van der Waals surface area contributed by atoms with Crippen LogP contribution in [0.2, 0.25) is 0 Å². The molecule has 0 atom stereocenters. The minimum absolute atomic E-state index is 0.0499. The molecule has 0 unspecified atom stereocenters. The molecule has 21 heavy (non-hydrogen) atoms. The lowest BCUT2D eigenvalue weighted by Gasteiger charge is -2.12. The van der Waals surface area contributed by atoms with Crippen LogP contribution in [-0.2, 0) is 0 Å². The minimum Gasteiger partial charge on any atom is -0.369 e. The second-order valence-corrected chi connectivity index (χ2v) is 5.00. The van der Waals surface area contributed by atoms with Crippen molar-refractivity contribution in [1.29, 1.82) is 5.26 Å². The molecule has 0 aliphatic carbocycles. The van der Waals surface area contributed by atoms with Crippen molar-refractivity contribution >= 4 is 33.3 Å². The van der Waals surface area contributed by atoms with Gasteiger partial charge < -0.3 is 10.6 Å². The predicted octanol–water partition coefficient (Wildman–Crippen LogP) is 3.82. The Bertz CT molecular complexity index is 684. The molecule has 2 aromatic rings. The number of aromatic nitrogens is 2. The average molecular weight is 350 g/mol. The van der Waals surface area contributed by atoms with Crippen molar-refractivity contribution in [3.05, 3.63) is 40.4 Å². The molecule has 108 valence electrons. The van der Waals surface area contributed by atoms with Gasteiger partial charge in [-0.3, -0.25) is 0 Å². The van der Waals surface area contributed by atoms with Gasteiger partial charge in [0.05, 0.1) is 5.69 Å². The summed E-state index contributed by atoms with van der Waals surface area (Å²) in [6.45, 7) is 2.83. The van der Waals surface area contributed by atoms with E-state index in [1.54, 1.807) is 6.07 Å². The maximum absolute atomic E-state index is 13.6. The summed E-state index contributed by atoms with van der Waals surface area (Å²) >= 11 is 3.41. The minimum atomic E-state index is -0.572. The lowest BCUT2D eigenvalue weighted by Crippen LogP contribution is -2.06. The number of nitriles is 1. The van der Waals surface area contributed by atoms with E-state index in [2.05, 4.69) is 36.5 Å². The molecule has 7 heteroatoms. The van der Waals surface area contributed by atoms with Crippen LogP contribution in [0.25, 0.3) is 0 Å². The summed E-state index contributed by atoms with van der Waals surface area (Å²) in [6.07, 6.45) is 2.36. The van der Waals surface area contributed by atoms with Gasteiger partial charge in [-0.25, -0.2) is 14.4 Å². The molecule has 0 spiro atoms. The molecule has 5 nitrogen and oxygen atoms in total. The molecule has 0 aliphatic heterocycles. The van der Waals surface area contributed by atoms with Gasteiger partial charge in [0, 0.05) is 6.54 Å². The van der Waals surface area contributed by atoms with Crippen molar-refractivity contribution in [2.45, 2.75) is 13.3 Å². The van der Waals surface area contributed by atoms with Crippen LogP contribution < -0.4 is 10.6 Å². The number of anilines is 3. The fourth-order valence-corrected chi connectivity index (χ4v) is 2.14. The highest BCUT2D eigenvalue weighted by molar-refractivity contribution is 9.10. The molecule has 1 aromatic carbocycles. The van der Waals surface area contributed by atoms with Crippen molar-refractivity contribution in [2.24, 2.45) is 0 Å². The molecule has 0 amide bonds. The molecule has 2 rings (SSSR count). The summed E-state index contributed by atoms with van der Waals surface area (Å²) in [5, 5.41) is 15.1. The summed E-state index contributed by atoms with van der Waals surface area (Å²) < 4.78 is 14.2. The van der Waals surface area contributed by atoms with Gasteiger partial charge in [-0.15, -0.1) is 0 Å². The van der Waals surface area contributed by atoms with Crippen LogP contribution in [0.1, 0.15) is 18.9 Å². The first kappa shape index (κ1) is 15.2. The summed E-state index contributed by atoms with van der Waals surface area (Å²) in [7, 11) is 0. The van der Waals surface area contributed by atoms with Gasteiger partial charge in [0.25, 0.3) is 0 Å². The molecule has 0 radical (unpaired) electrons. The Morgan fingerprint density at radius 1 is 1.33 bits per heavy atom. The molecule has 0 fully saturated rings. The standard InChI is InChI=1S/C14H13BrFN5/c1-2-6-18-13-12(15)14(20-8-19-13)21-11-5-3-4-10(16)9(11)7-17/h3-5,8H,2,6H2,1H3,(H2,18,19,20,21). The first-order valence-corrected chi connectivity index (χ1v) is 7.16. The normalized spacial score (nSPS) is 10.0. The third-order valence-corrected chi connectivity index (χ3v) is 3.46. The SMILES string of the molecule is CCCNc1ncnc(Nc2cccc(F)c2C#N)c1Br. The van der Waals surface area contributed by atoms with Crippen LogP contribution in [0.15, 0.2) is 29.0 Å². The van der Waals surface area contributed by atoms with E-state index in [0.717, 1.165) is 13.0 Å². The van der Waals surface area contributed by atoms with E-state index in [0.29, 0.717) is 21.8 Å². The molecule has 1 aromatic heterocycles. The summed E-state index contributed by atoms with van der Waals surface area (Å²) in [5.74, 6) is 0.534. The van der Waals surface area contributed by atoms with E-state index >= 15 is 0 Å². The number of nitrogens with zero attached hydrogens (tertiary/aromatic N) is 3. The van der Waals surface area contributed by atoms with Gasteiger partial charge in [0.1, 0.15) is 39.9 Å². The first-order valence-electron chi connectivity index (χ1n) is 6.37. The lowest BCUT2D eigenvalue weighted by molar-refractivity contribution is 0.624. The summed E-state index contributed by atoms with van der Waals surface area (Å²) in [4.78, 5) is 8.24. The van der Waals surface area contributed by atoms with Crippen molar-refractivity contribution in [2.75, 3.05) is 17.2 Å². The Labute approximate surface area is 130 Å². The Hall–Kier alpha value is -2.20. The Balaban J connectivity index is 2.33. The van der Waals surface area contributed by atoms with E-state index in [-0.39, 0.29) is 5.56 Å². The number of hydrogen-bond acceptors (Lipinski definition) is 5. The van der Waals surface area contributed by atoms with Crippen molar-refractivity contribution in [1.82, 2.24) is 9.97 Å². The average Bonchev–Trinajstić information content (AvgIpc) is 2.48. The monoisotopic (exact) mass is 349 g/mol. The highest BCUT2D eigenvalue weighted by atomic mass is 79.9. The Morgan fingerprint density at radius 3 is 2.81 bits per heavy atom. The quantitative estimate of drug-likeness (QED) is 0.858. The van der Waals surface area contributed by atoms with Gasteiger partial charge in [0.2, 0.25) is 0 Å². The highest BCUT2D eigenvalue weighted by Gasteiger charge is 2.12. The molecule has 0 saturated carbocycles. The number of nitrogens with one attached hydrogen (secondary N) is 2. The molecule has 0 saturated heterocycles. The van der Waals surface area contributed by atoms with Gasteiger partial charge >= 0.3 is 0 Å². The molecule has 0 bridgehead atoms. The number of benzene rings is 1. The van der Waals surface area contributed by atoms with Crippen molar-refractivity contribution in [3.63, 3.8) is 0 Å². The van der Waals surface area contributed by atoms with Crippen LogP contribution >= 0.6 is 15.9 Å². The first-order chi connectivity index (χ1) is 10.2. The van der Waals surface area contributed by atoms with E-state index in [4.69, 9.17) is 5.26 Å². The zero-order valence-electron chi connectivity index (χ0n) is 11.3. The summed E-state index contributed by atoms with van der Waals surface area (Å²) in [6, 6.07) is 6.24. The second-order valence-electron chi connectivity index (χ2n) is 4.21. The zero-order chi connectivity index (χ0) is 15.2. The van der Waals surface area contributed by atoms with Gasteiger partial charge in [-0.05, 0) is 34.5 Å². The Morgan fingerprint density at radius 2 is 2.10 bits per heavy atom.